The highest BCUT2D eigenvalue weighted by molar-refractivity contribution is 6.04. The third-order valence-corrected chi connectivity index (χ3v) is 6.81. The number of methoxy groups -OCH3 is 1. The lowest BCUT2D eigenvalue weighted by Crippen LogP contribution is -2.55. The van der Waals surface area contributed by atoms with E-state index in [0.717, 1.165) is 24.3 Å². The number of amidine groups is 1. The summed E-state index contributed by atoms with van der Waals surface area (Å²) in [6.07, 6.45) is -9.29. The summed E-state index contributed by atoms with van der Waals surface area (Å²) < 4.78 is 92.3. The van der Waals surface area contributed by atoms with Gasteiger partial charge in [0.25, 0.3) is 5.91 Å². The molecule has 2 aliphatic rings. The number of nitrogens with zero attached hydrogens (tertiary/aromatic N) is 3. The number of carbonyl (C=O) groups is 1. The molecule has 2 heterocycles. The first kappa shape index (κ1) is 27.4. The van der Waals surface area contributed by atoms with E-state index in [2.05, 4.69) is 4.99 Å². The predicted molar refractivity (Wildman–Crippen MR) is 134 cm³/mol. The van der Waals surface area contributed by atoms with Crippen LogP contribution in [0.25, 0.3) is 0 Å². The zero-order chi connectivity index (χ0) is 28.8. The van der Waals surface area contributed by atoms with Gasteiger partial charge in [-0.1, -0.05) is 12.1 Å². The average Bonchev–Trinajstić information content (AvgIpc) is 3.07. The molecule has 6 nitrogen and oxygen atoms in total. The second-order valence-corrected chi connectivity index (χ2v) is 9.42. The van der Waals surface area contributed by atoms with E-state index in [1.165, 1.54) is 30.2 Å². The fraction of sp³-hybridized carbons (Fsp3) is 0.286. The Hall–Kier alpha value is -4.22. The summed E-state index contributed by atoms with van der Waals surface area (Å²) in [5, 5.41) is 0. The normalized spacial score (nSPS) is 17.3. The Labute approximate surface area is 225 Å². The number of alkyl halides is 6. The Morgan fingerprint density at radius 3 is 2.35 bits per heavy atom. The van der Waals surface area contributed by atoms with Crippen LogP contribution in [-0.2, 0) is 12.4 Å². The van der Waals surface area contributed by atoms with E-state index >= 15 is 0 Å². The molecule has 3 aromatic rings. The van der Waals surface area contributed by atoms with Crippen molar-refractivity contribution in [2.75, 3.05) is 26.7 Å². The van der Waals surface area contributed by atoms with E-state index in [1.807, 2.05) is 0 Å². The van der Waals surface area contributed by atoms with E-state index in [1.54, 1.807) is 30.0 Å². The number of piperazine rings is 1. The topological polar surface area (TPSA) is 54.4 Å². The van der Waals surface area contributed by atoms with E-state index < -0.39 is 41.0 Å². The first-order valence-corrected chi connectivity index (χ1v) is 12.2. The van der Waals surface area contributed by atoms with Crippen LogP contribution in [-0.4, -0.2) is 54.3 Å². The zero-order valence-electron chi connectivity index (χ0n) is 21.3. The van der Waals surface area contributed by atoms with Gasteiger partial charge < -0.3 is 19.3 Å². The lowest BCUT2D eigenvalue weighted by molar-refractivity contribution is -0.138. The molecular formula is C28H23F6N3O3. The number of hydrogen-bond donors (Lipinski definition) is 0. The first-order chi connectivity index (χ1) is 18.9. The number of hydrogen-bond acceptors (Lipinski definition) is 5. The number of benzene rings is 3. The fourth-order valence-corrected chi connectivity index (χ4v) is 4.82. The molecule has 0 radical (unpaired) electrons. The van der Waals surface area contributed by atoms with Gasteiger partial charge in [-0.05, 0) is 55.5 Å². The van der Waals surface area contributed by atoms with Crippen molar-refractivity contribution in [3.8, 4) is 17.2 Å². The Morgan fingerprint density at radius 2 is 1.68 bits per heavy atom. The molecule has 0 unspecified atom stereocenters. The molecular weight excluding hydrogens is 540 g/mol. The van der Waals surface area contributed by atoms with Gasteiger partial charge in [-0.25, -0.2) is 4.99 Å². The molecule has 40 heavy (non-hydrogen) atoms. The molecule has 1 fully saturated rings. The second kappa shape index (κ2) is 10.1. The molecule has 3 aromatic carbocycles. The Morgan fingerprint density at radius 1 is 0.950 bits per heavy atom. The zero-order valence-corrected chi connectivity index (χ0v) is 21.3. The summed E-state index contributed by atoms with van der Waals surface area (Å²) in [7, 11) is 1.46. The van der Waals surface area contributed by atoms with Crippen molar-refractivity contribution in [1.82, 2.24) is 9.80 Å². The number of aliphatic imine (C=N–C) groups is 1. The number of halogens is 6. The largest absolute Gasteiger partial charge is 0.497 e. The van der Waals surface area contributed by atoms with Crippen molar-refractivity contribution in [2.24, 2.45) is 4.99 Å². The van der Waals surface area contributed by atoms with Gasteiger partial charge in [0, 0.05) is 25.7 Å². The third-order valence-electron chi connectivity index (χ3n) is 6.81. The lowest BCUT2D eigenvalue weighted by Gasteiger charge is -2.41. The van der Waals surface area contributed by atoms with E-state index in [9.17, 15) is 31.1 Å². The van der Waals surface area contributed by atoms with Crippen molar-refractivity contribution in [1.29, 1.82) is 0 Å². The van der Waals surface area contributed by atoms with Gasteiger partial charge in [0.1, 0.15) is 23.0 Å². The number of carbonyl (C=O) groups excluding carboxylic acids is 1. The van der Waals surface area contributed by atoms with Crippen LogP contribution in [0.15, 0.2) is 65.7 Å². The average molecular weight is 563 g/mol. The molecule has 12 heteroatoms. The third kappa shape index (κ3) is 5.17. The Bertz CT molecular complexity index is 1480. The maximum atomic E-state index is 13.6. The number of fused-ring (bicyclic) bond motifs is 2. The Balaban J connectivity index is 1.50. The van der Waals surface area contributed by atoms with Crippen LogP contribution < -0.4 is 9.47 Å². The fourth-order valence-electron chi connectivity index (χ4n) is 4.82. The minimum atomic E-state index is -4.70. The van der Waals surface area contributed by atoms with Crippen LogP contribution in [0.5, 0.6) is 17.2 Å². The molecule has 0 saturated carbocycles. The SMILES string of the molecule is COc1ccc2c(c1)C(N1CCN(C(=O)c3ccccc3C(F)(F)F)[C@H](C)C1)=Nc1cc(C(F)(F)F)ccc1O2. The second-order valence-electron chi connectivity index (χ2n) is 9.42. The summed E-state index contributed by atoms with van der Waals surface area (Å²) in [5.74, 6) is 0.459. The summed E-state index contributed by atoms with van der Waals surface area (Å²) in [6, 6.07) is 12.0. The molecule has 1 atom stereocenters. The molecule has 0 bridgehead atoms. The van der Waals surface area contributed by atoms with Crippen LogP contribution in [0, 0.1) is 0 Å². The van der Waals surface area contributed by atoms with E-state index in [4.69, 9.17) is 9.47 Å². The summed E-state index contributed by atoms with van der Waals surface area (Å²) in [6.45, 7) is 2.06. The summed E-state index contributed by atoms with van der Waals surface area (Å²) in [5.41, 5.74) is -1.94. The Kier molecular flexibility index (Phi) is 6.89. The van der Waals surface area contributed by atoms with Crippen LogP contribution in [0.2, 0.25) is 0 Å². The molecule has 1 amide bonds. The maximum Gasteiger partial charge on any atom is 0.417 e. The summed E-state index contributed by atoms with van der Waals surface area (Å²) >= 11 is 0. The van der Waals surface area contributed by atoms with Gasteiger partial charge in [-0.2, -0.15) is 26.3 Å². The number of rotatable bonds is 2. The molecule has 1 saturated heterocycles. The minimum Gasteiger partial charge on any atom is -0.497 e. The predicted octanol–water partition coefficient (Wildman–Crippen LogP) is 6.76. The number of ether oxygens (including phenoxy) is 2. The smallest absolute Gasteiger partial charge is 0.417 e. The highest BCUT2D eigenvalue weighted by Gasteiger charge is 2.39. The van der Waals surface area contributed by atoms with Gasteiger partial charge in [0.15, 0.2) is 5.75 Å². The molecule has 0 spiro atoms. The first-order valence-electron chi connectivity index (χ1n) is 12.2. The molecule has 0 N–H and O–H groups in total. The van der Waals surface area contributed by atoms with Crippen molar-refractivity contribution < 1.29 is 40.6 Å². The lowest BCUT2D eigenvalue weighted by atomic mass is 10.0. The van der Waals surface area contributed by atoms with Gasteiger partial charge >= 0.3 is 12.4 Å². The molecule has 210 valence electrons. The van der Waals surface area contributed by atoms with E-state index in [-0.39, 0.29) is 31.1 Å². The van der Waals surface area contributed by atoms with Crippen molar-refractivity contribution in [3.63, 3.8) is 0 Å². The van der Waals surface area contributed by atoms with Crippen LogP contribution >= 0.6 is 0 Å². The minimum absolute atomic E-state index is 0.0368. The van der Waals surface area contributed by atoms with Crippen molar-refractivity contribution in [3.05, 3.63) is 82.9 Å². The highest BCUT2D eigenvalue weighted by atomic mass is 19.4. The van der Waals surface area contributed by atoms with Gasteiger partial charge in [0.05, 0.1) is 29.4 Å². The van der Waals surface area contributed by atoms with Crippen LogP contribution in [0.3, 0.4) is 0 Å². The van der Waals surface area contributed by atoms with Crippen molar-refractivity contribution >= 4 is 17.4 Å². The van der Waals surface area contributed by atoms with Gasteiger partial charge in [-0.15, -0.1) is 0 Å². The van der Waals surface area contributed by atoms with E-state index in [0.29, 0.717) is 22.9 Å². The van der Waals surface area contributed by atoms with Gasteiger partial charge in [0.2, 0.25) is 0 Å². The van der Waals surface area contributed by atoms with Crippen LogP contribution in [0.1, 0.15) is 34.0 Å². The quantitative estimate of drug-likeness (QED) is 0.323. The van der Waals surface area contributed by atoms with Crippen LogP contribution in [0.4, 0.5) is 32.0 Å². The summed E-state index contributed by atoms with van der Waals surface area (Å²) in [4.78, 5) is 20.9. The molecule has 5 rings (SSSR count). The number of amides is 1. The standard InChI is InChI=1S/C28H23F6N3O3/c1-16-15-36(11-12-37(16)26(38)19-5-3-4-6-21(19)28(32,33)34)25-20-14-18(39-2)8-10-23(20)40-24-9-7-17(27(29,30)31)13-22(24)35-25/h3-10,13-14,16H,11-12,15H2,1-2H3/t16-/m1/s1. The maximum absolute atomic E-state index is 13.6. The van der Waals surface area contributed by atoms with Gasteiger partial charge in [-0.3, -0.25) is 4.79 Å². The molecule has 2 aliphatic heterocycles. The van der Waals surface area contributed by atoms with Crippen molar-refractivity contribution in [2.45, 2.75) is 25.3 Å². The monoisotopic (exact) mass is 563 g/mol. The molecule has 0 aromatic heterocycles. The highest BCUT2D eigenvalue weighted by Crippen LogP contribution is 2.43. The molecule has 0 aliphatic carbocycles.